The maximum Gasteiger partial charge on any atom is 0.118 e. The molecule has 0 aromatic heterocycles. The molecule has 0 radical (unpaired) electrons. The molecule has 0 aliphatic heterocycles. The Bertz CT molecular complexity index is 3120. The van der Waals surface area contributed by atoms with Crippen molar-refractivity contribution < 1.29 is 40.9 Å². The van der Waals surface area contributed by atoms with Gasteiger partial charge in [-0.15, -0.1) is 0 Å². The summed E-state index contributed by atoms with van der Waals surface area (Å²) in [6.07, 6.45) is 11.6. The van der Waals surface area contributed by atoms with Crippen molar-refractivity contribution in [3.05, 3.63) is 236 Å². The maximum atomic E-state index is 9.84. The Balaban J connectivity index is 0.000000153. The fourth-order valence-electron chi connectivity index (χ4n) is 11.8. The Morgan fingerprint density at radius 2 is 0.608 bits per heavy atom. The monoisotopic (exact) mass is 1060 g/mol. The van der Waals surface area contributed by atoms with Crippen molar-refractivity contribution in [2.75, 3.05) is 0 Å². The highest BCUT2D eigenvalue weighted by molar-refractivity contribution is 5.51. The molecule has 79 heavy (non-hydrogen) atoms. The van der Waals surface area contributed by atoms with Gasteiger partial charge in [-0.3, -0.25) is 0 Å². The standard InChI is InChI=1S/C20H24O2.C19H22O2.2C16H18O2/c1-14-12-16(6-8-18(14)21)20(10-4-3-5-11-20)17-7-9-19(22)15(2)13-17;1-13-11-15(5-7-17(13)20)19(9-3-4-10-19)16-6-8-18(21)14(2)12-16;1-10-8-13(4-6-15(10)17)12(3)14-5-7-16(18)11(2)9-14;1-3-16(2,12-4-8-14(17)9-5-12)13-6-10-15(18)11-7-13/h6-9,12-13,21-22H,3-5,10-11H2,1-2H3;5-8,11-12,20-21H,3-4,9-10H2,1-2H3;4-9,12,17-18H,1-3H3;4-11,17-18H,3H2,1-2H3. The van der Waals surface area contributed by atoms with Crippen LogP contribution in [0.3, 0.4) is 0 Å². The SMILES string of the molecule is CCC(C)(c1ccc(O)cc1)c1ccc(O)cc1.Cc1cc(C(C)c2ccc(O)c(C)c2)ccc1O.Cc1cc(C2(c3ccc(O)c(C)c3)CCCC2)ccc1O.Cc1cc(C2(c3ccc(O)c(C)c3)CCCCC2)ccc1O. The van der Waals surface area contributed by atoms with Crippen LogP contribution in [0.15, 0.2) is 158 Å². The average Bonchev–Trinajstić information content (AvgIpc) is 4.04. The first-order chi connectivity index (χ1) is 37.6. The van der Waals surface area contributed by atoms with Crippen molar-refractivity contribution in [3.8, 4) is 46.0 Å². The normalized spacial score (nSPS) is 14.5. The minimum absolute atomic E-state index is 0.00910. The predicted octanol–water partition coefficient (Wildman–Crippen LogP) is 17.2. The largest absolute Gasteiger partial charge is 0.508 e. The van der Waals surface area contributed by atoms with Gasteiger partial charge in [0.1, 0.15) is 46.0 Å². The van der Waals surface area contributed by atoms with Crippen LogP contribution in [0.4, 0.5) is 0 Å². The first kappa shape index (κ1) is 58.8. The van der Waals surface area contributed by atoms with E-state index in [0.29, 0.717) is 34.5 Å². The van der Waals surface area contributed by atoms with Gasteiger partial charge in [-0.25, -0.2) is 0 Å². The lowest BCUT2D eigenvalue weighted by atomic mass is 9.65. The van der Waals surface area contributed by atoms with Crippen molar-refractivity contribution in [2.45, 2.75) is 149 Å². The molecule has 8 heteroatoms. The van der Waals surface area contributed by atoms with Crippen molar-refractivity contribution in [1.82, 2.24) is 0 Å². The lowest BCUT2D eigenvalue weighted by Gasteiger charge is -2.39. The summed E-state index contributed by atoms with van der Waals surface area (Å²) in [5.74, 6) is 2.88. The van der Waals surface area contributed by atoms with Crippen molar-refractivity contribution in [3.63, 3.8) is 0 Å². The molecule has 0 heterocycles. The molecular weight excluding hydrogens is 981 g/mol. The van der Waals surface area contributed by atoms with Crippen LogP contribution in [0.25, 0.3) is 0 Å². The number of benzene rings is 8. The molecule has 0 amide bonds. The fraction of sp³-hybridized carbons (Fsp3) is 0.324. The van der Waals surface area contributed by atoms with Crippen LogP contribution >= 0.6 is 0 Å². The molecule has 8 aromatic rings. The molecule has 2 saturated carbocycles. The van der Waals surface area contributed by atoms with E-state index < -0.39 is 0 Å². The zero-order valence-corrected chi connectivity index (χ0v) is 47.7. The van der Waals surface area contributed by atoms with E-state index in [0.717, 1.165) is 87.7 Å². The first-order valence-electron chi connectivity index (χ1n) is 28.0. The van der Waals surface area contributed by atoms with Gasteiger partial charge in [-0.05, 0) is 212 Å². The van der Waals surface area contributed by atoms with Gasteiger partial charge in [0.15, 0.2) is 0 Å². The molecule has 8 nitrogen and oxygen atoms in total. The molecule has 0 atom stereocenters. The molecule has 2 fully saturated rings. The van der Waals surface area contributed by atoms with Crippen LogP contribution in [0.2, 0.25) is 0 Å². The summed E-state index contributed by atoms with van der Waals surface area (Å²) >= 11 is 0. The Kier molecular flexibility index (Phi) is 18.8. The van der Waals surface area contributed by atoms with Gasteiger partial charge < -0.3 is 40.9 Å². The van der Waals surface area contributed by atoms with E-state index in [-0.39, 0.29) is 33.7 Å². The molecule has 10 rings (SSSR count). The third kappa shape index (κ3) is 13.4. The second kappa shape index (κ2) is 25.3. The third-order valence-corrected chi connectivity index (χ3v) is 17.3. The second-order valence-corrected chi connectivity index (χ2v) is 22.5. The summed E-state index contributed by atoms with van der Waals surface area (Å²) in [7, 11) is 0. The molecule has 8 N–H and O–H groups in total. The summed E-state index contributed by atoms with van der Waals surface area (Å²) in [6, 6.07) is 49.9. The average molecular weight is 1060 g/mol. The van der Waals surface area contributed by atoms with Crippen molar-refractivity contribution in [2.24, 2.45) is 0 Å². The minimum atomic E-state index is -0.110. The summed E-state index contributed by atoms with van der Waals surface area (Å²) in [4.78, 5) is 0. The summed E-state index contributed by atoms with van der Waals surface area (Å²) in [6.45, 7) is 18.0. The van der Waals surface area contributed by atoms with Gasteiger partial charge in [-0.1, -0.05) is 150 Å². The highest BCUT2D eigenvalue weighted by Crippen LogP contribution is 2.49. The van der Waals surface area contributed by atoms with Crippen molar-refractivity contribution >= 4 is 0 Å². The van der Waals surface area contributed by atoms with Crippen LogP contribution in [-0.2, 0) is 16.2 Å². The van der Waals surface area contributed by atoms with E-state index in [1.54, 1.807) is 48.5 Å². The van der Waals surface area contributed by atoms with Crippen LogP contribution in [0.5, 0.6) is 46.0 Å². The summed E-state index contributed by atoms with van der Waals surface area (Å²) in [5.41, 5.74) is 15.2. The maximum absolute atomic E-state index is 9.84. The van der Waals surface area contributed by atoms with Gasteiger partial charge >= 0.3 is 0 Å². The van der Waals surface area contributed by atoms with Crippen LogP contribution in [0.1, 0.15) is 169 Å². The molecule has 0 saturated heterocycles. The number of aromatic hydroxyl groups is 8. The summed E-state index contributed by atoms with van der Waals surface area (Å²) in [5, 5.41) is 77.1. The van der Waals surface area contributed by atoms with E-state index in [1.807, 2.05) is 102 Å². The number of aryl methyl sites for hydroxylation is 6. The number of phenols is 8. The Labute approximate surface area is 469 Å². The predicted molar refractivity (Wildman–Crippen MR) is 321 cm³/mol. The summed E-state index contributed by atoms with van der Waals surface area (Å²) < 4.78 is 0. The van der Waals surface area contributed by atoms with E-state index in [1.165, 1.54) is 54.4 Å². The van der Waals surface area contributed by atoms with Gasteiger partial charge in [0.05, 0.1) is 0 Å². The smallest absolute Gasteiger partial charge is 0.118 e. The van der Waals surface area contributed by atoms with Crippen LogP contribution in [0, 0.1) is 41.5 Å². The zero-order chi connectivity index (χ0) is 57.2. The Morgan fingerprint density at radius 3 is 0.861 bits per heavy atom. The fourth-order valence-corrected chi connectivity index (χ4v) is 11.8. The third-order valence-electron chi connectivity index (χ3n) is 17.3. The lowest BCUT2D eigenvalue weighted by Crippen LogP contribution is -2.30. The number of hydrogen-bond donors (Lipinski definition) is 8. The second-order valence-electron chi connectivity index (χ2n) is 22.5. The van der Waals surface area contributed by atoms with Gasteiger partial charge in [0.25, 0.3) is 0 Å². The van der Waals surface area contributed by atoms with Gasteiger partial charge in [-0.2, -0.15) is 0 Å². The zero-order valence-electron chi connectivity index (χ0n) is 47.7. The molecule has 414 valence electrons. The molecule has 0 bridgehead atoms. The number of rotatable bonds is 9. The van der Waals surface area contributed by atoms with E-state index in [4.69, 9.17) is 0 Å². The van der Waals surface area contributed by atoms with Crippen LogP contribution in [-0.4, -0.2) is 40.9 Å². The number of hydrogen-bond acceptors (Lipinski definition) is 8. The minimum Gasteiger partial charge on any atom is -0.508 e. The molecule has 2 aliphatic carbocycles. The topological polar surface area (TPSA) is 162 Å². The van der Waals surface area contributed by atoms with E-state index in [2.05, 4.69) is 69.3 Å². The van der Waals surface area contributed by atoms with E-state index >= 15 is 0 Å². The van der Waals surface area contributed by atoms with Crippen LogP contribution < -0.4 is 0 Å². The molecule has 0 spiro atoms. The van der Waals surface area contributed by atoms with Crippen molar-refractivity contribution in [1.29, 1.82) is 0 Å². The highest BCUT2D eigenvalue weighted by Gasteiger charge is 2.38. The van der Waals surface area contributed by atoms with E-state index in [9.17, 15) is 40.9 Å². The van der Waals surface area contributed by atoms with Gasteiger partial charge in [0, 0.05) is 22.2 Å². The van der Waals surface area contributed by atoms with Gasteiger partial charge in [0.2, 0.25) is 0 Å². The lowest BCUT2D eigenvalue weighted by molar-refractivity contribution is 0.344. The Morgan fingerprint density at radius 1 is 0.354 bits per heavy atom. The first-order valence-corrected chi connectivity index (χ1v) is 28.0. The molecular formula is C71H82O8. The Hall–Kier alpha value is -7.84. The molecule has 0 unspecified atom stereocenters. The molecule has 2 aliphatic rings. The quantitative estimate of drug-likeness (QED) is 0.0709. The highest BCUT2D eigenvalue weighted by atomic mass is 16.3. The number of phenolic OH excluding ortho intramolecular Hbond substituents is 8. The molecule has 8 aromatic carbocycles.